The fourth-order valence-electron chi connectivity index (χ4n) is 0.141. The third-order valence-electron chi connectivity index (χ3n) is 0.293. The largest absolute Gasteiger partial charge is 0.510 e. The van der Waals surface area contributed by atoms with Crippen molar-refractivity contribution in [3.05, 3.63) is 10.1 Å². The van der Waals surface area contributed by atoms with Gasteiger partial charge < -0.3 is 0 Å². The number of diazo groups is 1. The molecule has 1 aliphatic heterocycles. The van der Waals surface area contributed by atoms with Crippen LogP contribution >= 0.6 is 0 Å². The van der Waals surface area contributed by atoms with Crippen LogP contribution in [0.5, 0.6) is 0 Å². The van der Waals surface area contributed by atoms with E-state index in [9.17, 15) is 0 Å². The maximum absolute atomic E-state index is 3.38. The zero-order chi connectivity index (χ0) is 3.54. The van der Waals surface area contributed by atoms with E-state index < -0.39 is 0 Å². The summed E-state index contributed by atoms with van der Waals surface area (Å²) in [4.78, 5) is 3.38. The zero-order valence-corrected chi connectivity index (χ0v) is 2.50. The highest BCUT2D eigenvalue weighted by Gasteiger charge is 2.08. The van der Waals surface area contributed by atoms with Gasteiger partial charge >= 0.3 is 17.0 Å². The van der Waals surface area contributed by atoms with Crippen molar-refractivity contribution in [2.24, 2.45) is 10.3 Å². The summed E-state index contributed by atoms with van der Waals surface area (Å²) in [6.45, 7) is 0.417. The first-order chi connectivity index (χ1) is 2.50. The molecule has 0 aromatic heterocycles. The van der Waals surface area contributed by atoms with E-state index in [1.165, 1.54) is 0 Å². The van der Waals surface area contributed by atoms with Gasteiger partial charge in [-0.25, -0.2) is 0 Å². The second-order valence-electron chi connectivity index (χ2n) is 0.603. The van der Waals surface area contributed by atoms with Gasteiger partial charge in [0.05, 0.1) is 0 Å². The van der Waals surface area contributed by atoms with Crippen LogP contribution in [-0.4, -0.2) is 6.67 Å². The average molecular weight is 70.1 g/mol. The minimum Gasteiger partial charge on any atom is 0.105 e. The summed E-state index contributed by atoms with van der Waals surface area (Å²) < 4.78 is 0. The molecule has 1 aliphatic rings. The number of rotatable bonds is 0. The van der Waals surface area contributed by atoms with Crippen molar-refractivity contribution in [2.45, 2.75) is 0 Å². The zero-order valence-electron chi connectivity index (χ0n) is 2.50. The van der Waals surface area contributed by atoms with Gasteiger partial charge in [-0.2, -0.15) is 0 Å². The third kappa shape index (κ3) is 0.194. The maximum Gasteiger partial charge on any atom is 0.510 e. The second-order valence-corrected chi connectivity index (χ2v) is 0.603. The molecule has 0 aliphatic carbocycles. The van der Waals surface area contributed by atoms with Crippen LogP contribution in [0.25, 0.3) is 10.1 Å². The van der Waals surface area contributed by atoms with Crippen molar-refractivity contribution in [3.8, 4) is 0 Å². The average Bonchev–Trinajstić information content (AvgIpc) is 1.76. The number of hydrogen-bond acceptors (Lipinski definition) is 2. The van der Waals surface area contributed by atoms with E-state index in [0.717, 1.165) is 0 Å². The molecule has 0 unspecified atom stereocenters. The molecular weight excluding hydrogens is 68.0 g/mol. The van der Waals surface area contributed by atoms with Crippen LogP contribution in [-0.2, 0) is 0 Å². The highest BCUT2D eigenvalue weighted by atomic mass is 15.5. The molecule has 0 radical (unpaired) electrons. The molecule has 0 saturated carbocycles. The van der Waals surface area contributed by atoms with Gasteiger partial charge in [0.2, 0.25) is 5.11 Å². The molecule has 1 heterocycles. The van der Waals surface area contributed by atoms with Crippen molar-refractivity contribution < 1.29 is 0 Å². The minimum absolute atomic E-state index is 0.417. The number of nitrogens with zero attached hydrogens (tertiary/aromatic N) is 4. The van der Waals surface area contributed by atoms with Crippen molar-refractivity contribution in [1.29, 1.82) is 0 Å². The molecule has 0 fully saturated rings. The van der Waals surface area contributed by atoms with Gasteiger partial charge in [0.25, 0.3) is 0 Å². The Balaban J connectivity index is 2.77. The predicted molar refractivity (Wildman–Crippen MR) is 16.4 cm³/mol. The van der Waals surface area contributed by atoms with Crippen LogP contribution < -0.4 is 0 Å². The molecule has 24 valence electrons. The molecule has 5 heavy (non-hydrogen) atoms. The number of hydrogen-bond donors (Lipinski definition) is 0. The first-order valence-electron chi connectivity index (χ1n) is 1.23. The highest BCUT2D eigenvalue weighted by Crippen LogP contribution is 1.86. The summed E-state index contributed by atoms with van der Waals surface area (Å²) >= 11 is 0. The van der Waals surface area contributed by atoms with E-state index in [-0.39, 0.29) is 0 Å². The Bertz CT molecular complexity index is 103. The van der Waals surface area contributed by atoms with E-state index in [1.807, 2.05) is 0 Å². The third-order valence-corrected chi connectivity index (χ3v) is 0.293. The Morgan fingerprint density at radius 2 is 2.60 bits per heavy atom. The summed E-state index contributed by atoms with van der Waals surface area (Å²) in [6.07, 6.45) is 0. The Morgan fingerprint density at radius 1 is 1.60 bits per heavy atom. The van der Waals surface area contributed by atoms with E-state index in [4.69, 9.17) is 0 Å². The Morgan fingerprint density at radius 3 is 2.80 bits per heavy atom. The fraction of sp³-hybridized carbons (Fsp3) is 1.00. The summed E-state index contributed by atoms with van der Waals surface area (Å²) in [6, 6.07) is 0. The molecule has 0 bridgehead atoms. The molecule has 0 atom stereocenters. The predicted octanol–water partition coefficient (Wildman–Crippen LogP) is 0.987. The fourth-order valence-corrected chi connectivity index (χ4v) is 0.141. The molecule has 1 rings (SSSR count). The summed E-state index contributed by atoms with van der Waals surface area (Å²) in [5.74, 6) is 0. The summed E-state index contributed by atoms with van der Waals surface area (Å²) in [5.41, 5.74) is 0. The van der Waals surface area contributed by atoms with Gasteiger partial charge in [0.1, 0.15) is 4.98 Å². The monoisotopic (exact) mass is 70.0 g/mol. The quantitative estimate of drug-likeness (QED) is 0.381. The molecule has 4 heteroatoms. The van der Waals surface area contributed by atoms with Crippen LogP contribution in [0.2, 0.25) is 0 Å². The SMILES string of the molecule is C1N=N[N+]#[N+]1. The van der Waals surface area contributed by atoms with Crippen LogP contribution in [0.15, 0.2) is 10.3 Å². The topological polar surface area (TPSA) is 33.4 Å². The van der Waals surface area contributed by atoms with Crippen molar-refractivity contribution in [3.63, 3.8) is 0 Å². The van der Waals surface area contributed by atoms with E-state index in [2.05, 4.69) is 20.4 Å². The first kappa shape index (κ1) is 2.27. The van der Waals surface area contributed by atoms with Gasteiger partial charge in [-0.3, -0.25) is 0 Å². The van der Waals surface area contributed by atoms with E-state index in [1.54, 1.807) is 0 Å². The second kappa shape index (κ2) is 0.763. The first-order valence-corrected chi connectivity index (χ1v) is 1.23. The van der Waals surface area contributed by atoms with Gasteiger partial charge in [-0.15, -0.1) is 0 Å². The normalized spacial score (nSPS) is 14.4. The summed E-state index contributed by atoms with van der Waals surface area (Å²) in [5, 5.41) is 9.71. The standard InChI is InChI=1S/CH2N4/c1-2-4-5-3-1/h1H2/q+2. The van der Waals surface area contributed by atoms with Crippen molar-refractivity contribution >= 4 is 0 Å². The summed E-state index contributed by atoms with van der Waals surface area (Å²) in [7, 11) is 0. The van der Waals surface area contributed by atoms with Crippen LogP contribution in [0.4, 0.5) is 0 Å². The Hall–Kier alpha value is -0.980. The van der Waals surface area contributed by atoms with Crippen molar-refractivity contribution in [1.82, 2.24) is 0 Å². The van der Waals surface area contributed by atoms with Crippen LogP contribution in [0.1, 0.15) is 0 Å². The maximum atomic E-state index is 3.38. The molecule has 4 nitrogen and oxygen atoms in total. The molecule has 0 aromatic rings. The molecular formula is CH2N4+2. The van der Waals surface area contributed by atoms with E-state index in [0.29, 0.717) is 6.67 Å². The molecule has 0 aromatic carbocycles. The Labute approximate surface area is 28.3 Å². The molecule has 0 saturated heterocycles. The van der Waals surface area contributed by atoms with Crippen LogP contribution in [0.3, 0.4) is 0 Å². The smallest absolute Gasteiger partial charge is 0.105 e. The van der Waals surface area contributed by atoms with Gasteiger partial charge in [0, 0.05) is 0 Å². The lowest BCUT2D eigenvalue weighted by Crippen LogP contribution is -1.49. The lowest BCUT2D eigenvalue weighted by atomic mass is 11.3. The lowest BCUT2D eigenvalue weighted by molar-refractivity contribution is 1.12. The van der Waals surface area contributed by atoms with E-state index >= 15 is 0 Å². The Kier molecular flexibility index (Phi) is 0.346. The van der Waals surface area contributed by atoms with Gasteiger partial charge in [-0.1, -0.05) is 0 Å². The van der Waals surface area contributed by atoms with Gasteiger partial charge in [-0.05, 0) is 0 Å². The molecule has 0 N–H and O–H groups in total. The van der Waals surface area contributed by atoms with Gasteiger partial charge in [0.15, 0.2) is 0 Å². The lowest BCUT2D eigenvalue weighted by Gasteiger charge is -1.20. The molecule has 0 amide bonds. The highest BCUT2D eigenvalue weighted by molar-refractivity contribution is 4.67. The molecule has 0 spiro atoms. The van der Waals surface area contributed by atoms with Crippen molar-refractivity contribution in [2.75, 3.05) is 6.67 Å². The minimum atomic E-state index is 0.417. The van der Waals surface area contributed by atoms with Crippen LogP contribution in [0, 0.1) is 0 Å².